The smallest absolute Gasteiger partial charge is 0.326 e. The van der Waals surface area contributed by atoms with E-state index in [9.17, 15) is 24.0 Å². The second-order valence-corrected chi connectivity index (χ2v) is 8.73. The van der Waals surface area contributed by atoms with E-state index in [2.05, 4.69) is 28.6 Å². The highest BCUT2D eigenvalue weighted by Gasteiger charge is 2.30. The van der Waals surface area contributed by atoms with Gasteiger partial charge in [-0.15, -0.1) is 0 Å². The van der Waals surface area contributed by atoms with E-state index in [1.807, 2.05) is 36.6 Å². The van der Waals surface area contributed by atoms with Crippen LogP contribution in [0.4, 0.5) is 0 Å². The Morgan fingerprint density at radius 1 is 0.941 bits per heavy atom. The standard InChI is InChI=1S/C21H30N4O7S2/c1-34-8-7-14(23-18(28)13(22)9-12-5-3-2-4-6-12)19(29)25-16(11-33)20(30)24-15(21(31)32)10-17(26)27/h2-6,13-16,33H,7-11,22H2,1H3,(H,23,28)(H,24,30)(H,25,29)(H,26,27)(H,31,32). The zero-order chi connectivity index (χ0) is 25.7. The van der Waals surface area contributed by atoms with E-state index in [0.29, 0.717) is 5.75 Å². The van der Waals surface area contributed by atoms with Crippen LogP contribution in [-0.2, 0) is 30.4 Å². The Hall–Kier alpha value is -2.77. The molecule has 0 saturated carbocycles. The molecule has 0 aliphatic rings. The number of carbonyl (C=O) groups is 5. The Morgan fingerprint density at radius 2 is 1.50 bits per heavy atom. The zero-order valence-electron chi connectivity index (χ0n) is 18.6. The van der Waals surface area contributed by atoms with Gasteiger partial charge in [-0.1, -0.05) is 30.3 Å². The maximum absolute atomic E-state index is 12.8. The summed E-state index contributed by atoms with van der Waals surface area (Å²) in [5.41, 5.74) is 6.85. The van der Waals surface area contributed by atoms with Crippen LogP contribution in [0.3, 0.4) is 0 Å². The lowest BCUT2D eigenvalue weighted by Crippen LogP contribution is -2.58. The first-order valence-corrected chi connectivity index (χ1v) is 12.4. The number of thiol groups is 1. The Balaban J connectivity index is 2.82. The Bertz CT molecular complexity index is 857. The van der Waals surface area contributed by atoms with Crippen LogP contribution in [0.15, 0.2) is 30.3 Å². The minimum Gasteiger partial charge on any atom is -0.481 e. The first kappa shape index (κ1) is 29.3. The van der Waals surface area contributed by atoms with Crippen molar-refractivity contribution in [3.63, 3.8) is 0 Å². The topological polar surface area (TPSA) is 188 Å². The molecule has 0 saturated heterocycles. The van der Waals surface area contributed by atoms with Gasteiger partial charge in [0.1, 0.15) is 18.1 Å². The molecule has 0 aliphatic carbocycles. The van der Waals surface area contributed by atoms with E-state index in [1.54, 1.807) is 0 Å². The van der Waals surface area contributed by atoms with Crippen molar-refractivity contribution in [2.45, 2.75) is 43.4 Å². The van der Waals surface area contributed by atoms with Gasteiger partial charge in [-0.2, -0.15) is 24.4 Å². The molecule has 188 valence electrons. The van der Waals surface area contributed by atoms with Gasteiger partial charge in [-0.3, -0.25) is 19.2 Å². The van der Waals surface area contributed by atoms with Gasteiger partial charge in [0.05, 0.1) is 12.5 Å². The number of amides is 3. The van der Waals surface area contributed by atoms with Crippen LogP contribution in [0.25, 0.3) is 0 Å². The van der Waals surface area contributed by atoms with Crippen LogP contribution in [0.2, 0.25) is 0 Å². The number of benzene rings is 1. The number of hydrogen-bond acceptors (Lipinski definition) is 8. The van der Waals surface area contributed by atoms with E-state index in [0.717, 1.165) is 5.56 Å². The summed E-state index contributed by atoms with van der Waals surface area (Å²) in [7, 11) is 0. The summed E-state index contributed by atoms with van der Waals surface area (Å²) in [4.78, 5) is 59.9. The molecule has 1 aromatic carbocycles. The highest BCUT2D eigenvalue weighted by atomic mass is 32.2. The monoisotopic (exact) mass is 514 g/mol. The van der Waals surface area contributed by atoms with Gasteiger partial charge in [0.2, 0.25) is 17.7 Å². The van der Waals surface area contributed by atoms with Gasteiger partial charge in [-0.25, -0.2) is 4.79 Å². The summed E-state index contributed by atoms with van der Waals surface area (Å²) in [5.74, 6) is -4.72. The summed E-state index contributed by atoms with van der Waals surface area (Å²) in [5, 5.41) is 25.0. The lowest BCUT2D eigenvalue weighted by Gasteiger charge is -2.24. The largest absolute Gasteiger partial charge is 0.481 e. The predicted octanol–water partition coefficient (Wildman–Crippen LogP) is -0.747. The minimum atomic E-state index is -1.67. The van der Waals surface area contributed by atoms with Gasteiger partial charge in [0.25, 0.3) is 0 Å². The average molecular weight is 515 g/mol. The molecule has 0 spiro atoms. The molecule has 1 rings (SSSR count). The fraction of sp³-hybridized carbons (Fsp3) is 0.476. The molecule has 0 aliphatic heterocycles. The van der Waals surface area contributed by atoms with Crippen molar-refractivity contribution in [2.24, 2.45) is 5.73 Å². The highest BCUT2D eigenvalue weighted by Crippen LogP contribution is 2.06. The molecule has 7 N–H and O–H groups in total. The molecular weight excluding hydrogens is 484 g/mol. The van der Waals surface area contributed by atoms with Gasteiger partial charge in [0, 0.05) is 5.75 Å². The second-order valence-electron chi connectivity index (χ2n) is 7.38. The molecule has 0 bridgehead atoms. The fourth-order valence-corrected chi connectivity index (χ4v) is 3.59. The highest BCUT2D eigenvalue weighted by molar-refractivity contribution is 7.98. The van der Waals surface area contributed by atoms with E-state index in [1.165, 1.54) is 11.8 Å². The number of carboxylic acids is 2. The van der Waals surface area contributed by atoms with Crippen LogP contribution in [0, 0.1) is 0 Å². The van der Waals surface area contributed by atoms with Gasteiger partial charge >= 0.3 is 11.9 Å². The molecule has 1 aromatic rings. The fourth-order valence-electron chi connectivity index (χ4n) is 2.86. The Kier molecular flexibility index (Phi) is 13.1. The zero-order valence-corrected chi connectivity index (χ0v) is 20.3. The molecule has 0 aromatic heterocycles. The number of carboxylic acid groups (broad SMARTS) is 2. The van der Waals surface area contributed by atoms with Crippen molar-refractivity contribution in [3.05, 3.63) is 35.9 Å². The third-order valence-electron chi connectivity index (χ3n) is 4.69. The van der Waals surface area contributed by atoms with Gasteiger partial charge in [0.15, 0.2) is 0 Å². The van der Waals surface area contributed by atoms with Crippen molar-refractivity contribution < 1.29 is 34.2 Å². The number of thioether (sulfide) groups is 1. The molecule has 11 nitrogen and oxygen atoms in total. The number of rotatable bonds is 15. The van der Waals surface area contributed by atoms with Crippen LogP contribution < -0.4 is 21.7 Å². The summed E-state index contributed by atoms with van der Waals surface area (Å²) in [6.07, 6.45) is 1.52. The van der Waals surface area contributed by atoms with Crippen LogP contribution in [0.1, 0.15) is 18.4 Å². The number of hydrogen-bond donors (Lipinski definition) is 7. The molecule has 0 radical (unpaired) electrons. The van der Waals surface area contributed by atoms with Crippen molar-refractivity contribution in [2.75, 3.05) is 17.8 Å². The summed E-state index contributed by atoms with van der Waals surface area (Å²) < 4.78 is 0. The summed E-state index contributed by atoms with van der Waals surface area (Å²) in [6.45, 7) is 0. The molecule has 4 unspecified atom stereocenters. The second kappa shape index (κ2) is 15.2. The third kappa shape index (κ3) is 10.4. The first-order chi connectivity index (χ1) is 16.1. The van der Waals surface area contributed by atoms with Gasteiger partial charge < -0.3 is 31.9 Å². The van der Waals surface area contributed by atoms with Crippen molar-refractivity contribution in [1.82, 2.24) is 16.0 Å². The third-order valence-corrected chi connectivity index (χ3v) is 5.70. The van der Waals surface area contributed by atoms with Crippen LogP contribution in [-0.4, -0.2) is 81.8 Å². The summed E-state index contributed by atoms with van der Waals surface area (Å²) >= 11 is 5.48. The minimum absolute atomic E-state index is 0.187. The molecule has 0 heterocycles. The molecular formula is C21H30N4O7S2. The number of nitrogens with two attached hydrogens (primary N) is 1. The Labute approximate surface area is 207 Å². The van der Waals surface area contributed by atoms with Crippen molar-refractivity contribution in [3.8, 4) is 0 Å². The lowest BCUT2D eigenvalue weighted by molar-refractivity contribution is -0.147. The average Bonchev–Trinajstić information content (AvgIpc) is 2.79. The summed E-state index contributed by atoms with van der Waals surface area (Å²) in [6, 6.07) is 4.32. The molecule has 13 heteroatoms. The number of carbonyl (C=O) groups excluding carboxylic acids is 3. The quantitative estimate of drug-likeness (QED) is 0.148. The molecule has 3 amide bonds. The molecule has 34 heavy (non-hydrogen) atoms. The van der Waals surface area contributed by atoms with Crippen LogP contribution >= 0.6 is 24.4 Å². The maximum Gasteiger partial charge on any atom is 0.326 e. The lowest BCUT2D eigenvalue weighted by atomic mass is 10.1. The maximum atomic E-state index is 12.8. The molecule has 0 fully saturated rings. The number of aliphatic carboxylic acids is 2. The van der Waals surface area contributed by atoms with E-state index in [-0.39, 0.29) is 18.6 Å². The number of nitrogens with one attached hydrogen (secondary N) is 3. The van der Waals surface area contributed by atoms with Crippen molar-refractivity contribution >= 4 is 54.1 Å². The first-order valence-electron chi connectivity index (χ1n) is 10.3. The predicted molar refractivity (Wildman–Crippen MR) is 131 cm³/mol. The van der Waals surface area contributed by atoms with Gasteiger partial charge in [-0.05, 0) is 30.4 Å². The van der Waals surface area contributed by atoms with Crippen LogP contribution in [0.5, 0.6) is 0 Å². The Morgan fingerprint density at radius 3 is 2.03 bits per heavy atom. The van der Waals surface area contributed by atoms with E-state index >= 15 is 0 Å². The normalized spacial score (nSPS) is 14.2. The SMILES string of the molecule is CSCCC(NC(=O)C(N)Cc1ccccc1)C(=O)NC(CS)C(=O)NC(CC(=O)O)C(=O)O. The van der Waals surface area contributed by atoms with Crippen molar-refractivity contribution in [1.29, 1.82) is 0 Å². The van der Waals surface area contributed by atoms with E-state index < -0.39 is 60.2 Å². The molecule has 4 atom stereocenters. The van der Waals surface area contributed by atoms with E-state index in [4.69, 9.17) is 15.9 Å².